The SMILES string of the molecule is CN1N=C(C(=O)Nc2ccnc(Sc3ccccn3)c2)CCC1=O. The highest BCUT2D eigenvalue weighted by Crippen LogP contribution is 2.25. The zero-order valence-corrected chi connectivity index (χ0v) is 13.8. The Hall–Kier alpha value is -2.74. The summed E-state index contributed by atoms with van der Waals surface area (Å²) >= 11 is 1.41. The van der Waals surface area contributed by atoms with Crippen LogP contribution in [-0.2, 0) is 9.59 Å². The molecule has 0 saturated heterocycles. The van der Waals surface area contributed by atoms with Crippen molar-refractivity contribution in [1.82, 2.24) is 15.0 Å². The minimum atomic E-state index is -0.311. The summed E-state index contributed by atoms with van der Waals surface area (Å²) in [4.78, 5) is 32.2. The van der Waals surface area contributed by atoms with E-state index in [2.05, 4.69) is 20.4 Å². The summed E-state index contributed by atoms with van der Waals surface area (Å²) < 4.78 is 0. The van der Waals surface area contributed by atoms with Crippen molar-refractivity contribution < 1.29 is 9.59 Å². The zero-order chi connectivity index (χ0) is 16.9. The number of hydrogen-bond donors (Lipinski definition) is 1. The van der Waals surface area contributed by atoms with Gasteiger partial charge in [-0.05, 0) is 24.3 Å². The van der Waals surface area contributed by atoms with Crippen LogP contribution in [0.3, 0.4) is 0 Å². The fraction of sp³-hybridized carbons (Fsp3) is 0.188. The van der Waals surface area contributed by atoms with Crippen LogP contribution >= 0.6 is 11.8 Å². The maximum atomic E-state index is 12.3. The molecule has 122 valence electrons. The predicted molar refractivity (Wildman–Crippen MR) is 90.7 cm³/mol. The summed E-state index contributed by atoms with van der Waals surface area (Å²) in [5, 5.41) is 9.55. The topological polar surface area (TPSA) is 87.6 Å². The van der Waals surface area contributed by atoms with Crippen LogP contribution < -0.4 is 5.32 Å². The van der Waals surface area contributed by atoms with E-state index in [0.29, 0.717) is 24.2 Å². The fourth-order valence-corrected chi connectivity index (χ4v) is 2.87. The zero-order valence-electron chi connectivity index (χ0n) is 13.0. The first-order valence-corrected chi connectivity index (χ1v) is 8.14. The second kappa shape index (κ2) is 7.22. The van der Waals surface area contributed by atoms with Crippen molar-refractivity contribution in [2.45, 2.75) is 22.9 Å². The van der Waals surface area contributed by atoms with E-state index >= 15 is 0 Å². The first kappa shape index (κ1) is 16.1. The minimum absolute atomic E-state index is 0.0930. The lowest BCUT2D eigenvalue weighted by Crippen LogP contribution is -2.34. The Kier molecular flexibility index (Phi) is 4.85. The molecule has 0 bridgehead atoms. The van der Waals surface area contributed by atoms with Crippen LogP contribution in [0.25, 0.3) is 0 Å². The summed E-state index contributed by atoms with van der Waals surface area (Å²) in [6, 6.07) is 9.12. The molecule has 0 fully saturated rings. The lowest BCUT2D eigenvalue weighted by molar-refractivity contribution is -0.130. The molecule has 2 aromatic heterocycles. The van der Waals surface area contributed by atoms with E-state index in [4.69, 9.17) is 0 Å². The molecule has 0 aromatic carbocycles. The van der Waals surface area contributed by atoms with Crippen LogP contribution in [0.5, 0.6) is 0 Å². The van der Waals surface area contributed by atoms with Gasteiger partial charge in [-0.3, -0.25) is 9.59 Å². The largest absolute Gasteiger partial charge is 0.321 e. The number of nitrogens with zero attached hydrogens (tertiary/aromatic N) is 4. The number of anilines is 1. The van der Waals surface area contributed by atoms with Crippen molar-refractivity contribution in [1.29, 1.82) is 0 Å². The number of pyridine rings is 2. The second-order valence-corrected chi connectivity index (χ2v) is 6.11. The molecule has 1 aliphatic rings. The normalized spacial score (nSPS) is 14.3. The number of nitrogens with one attached hydrogen (secondary N) is 1. The third-order valence-corrected chi connectivity index (χ3v) is 4.19. The Labute approximate surface area is 143 Å². The molecule has 1 N–H and O–H groups in total. The summed E-state index contributed by atoms with van der Waals surface area (Å²) in [6.45, 7) is 0. The van der Waals surface area contributed by atoms with Gasteiger partial charge in [0.15, 0.2) is 0 Å². The molecule has 0 aliphatic carbocycles. The molecular formula is C16H15N5O2S. The van der Waals surface area contributed by atoms with Gasteiger partial charge in [-0.25, -0.2) is 15.0 Å². The monoisotopic (exact) mass is 341 g/mol. The maximum absolute atomic E-state index is 12.3. The van der Waals surface area contributed by atoms with Gasteiger partial charge in [0.1, 0.15) is 15.8 Å². The van der Waals surface area contributed by atoms with E-state index in [9.17, 15) is 9.59 Å². The molecule has 2 aromatic rings. The van der Waals surface area contributed by atoms with Gasteiger partial charge in [-0.1, -0.05) is 17.8 Å². The van der Waals surface area contributed by atoms with Gasteiger partial charge in [0, 0.05) is 38.0 Å². The van der Waals surface area contributed by atoms with Crippen molar-refractivity contribution in [3.8, 4) is 0 Å². The molecule has 8 heteroatoms. The van der Waals surface area contributed by atoms with E-state index in [0.717, 1.165) is 10.1 Å². The highest BCUT2D eigenvalue weighted by Gasteiger charge is 2.22. The Morgan fingerprint density at radius 3 is 2.75 bits per heavy atom. The van der Waals surface area contributed by atoms with Crippen molar-refractivity contribution in [2.24, 2.45) is 5.10 Å². The Morgan fingerprint density at radius 2 is 2.00 bits per heavy atom. The average molecular weight is 341 g/mol. The third-order valence-electron chi connectivity index (χ3n) is 3.31. The van der Waals surface area contributed by atoms with Gasteiger partial charge >= 0.3 is 0 Å². The standard InChI is InChI=1S/C16H15N5O2S/c1-21-15(22)6-5-12(20-21)16(23)19-11-7-9-18-14(10-11)24-13-4-2-3-8-17-13/h2-4,7-10H,5-6H2,1H3,(H,18,19,23). The van der Waals surface area contributed by atoms with Crippen molar-refractivity contribution >= 4 is 35.0 Å². The Morgan fingerprint density at radius 1 is 1.17 bits per heavy atom. The predicted octanol–water partition coefficient (Wildman–Crippen LogP) is 2.17. The molecule has 0 spiro atoms. The Bertz CT molecular complexity index is 794. The molecule has 7 nitrogen and oxygen atoms in total. The van der Waals surface area contributed by atoms with E-state index in [1.54, 1.807) is 31.6 Å². The fourth-order valence-electron chi connectivity index (χ4n) is 2.09. The molecule has 0 saturated carbocycles. The van der Waals surface area contributed by atoms with Gasteiger partial charge in [0.25, 0.3) is 5.91 Å². The molecule has 3 heterocycles. The number of hydrazone groups is 1. The Balaban J connectivity index is 1.69. The van der Waals surface area contributed by atoms with E-state index in [1.165, 1.54) is 16.8 Å². The number of rotatable bonds is 4. The molecule has 1 aliphatic heterocycles. The van der Waals surface area contributed by atoms with Crippen molar-refractivity contribution in [3.63, 3.8) is 0 Å². The molecule has 2 amide bonds. The van der Waals surface area contributed by atoms with Crippen LogP contribution in [0.2, 0.25) is 0 Å². The van der Waals surface area contributed by atoms with Crippen LogP contribution in [0.15, 0.2) is 57.9 Å². The second-order valence-electron chi connectivity index (χ2n) is 5.07. The summed E-state index contributed by atoms with van der Waals surface area (Å²) in [7, 11) is 1.54. The lowest BCUT2D eigenvalue weighted by atomic mass is 10.1. The molecule has 24 heavy (non-hydrogen) atoms. The number of aromatic nitrogens is 2. The maximum Gasteiger partial charge on any atom is 0.271 e. The highest BCUT2D eigenvalue weighted by molar-refractivity contribution is 7.99. The van der Waals surface area contributed by atoms with Crippen molar-refractivity contribution in [2.75, 3.05) is 12.4 Å². The third kappa shape index (κ3) is 3.96. The molecule has 0 radical (unpaired) electrons. The quantitative estimate of drug-likeness (QED) is 0.921. The first-order chi connectivity index (χ1) is 11.6. The smallest absolute Gasteiger partial charge is 0.271 e. The minimum Gasteiger partial charge on any atom is -0.321 e. The molecule has 3 rings (SSSR count). The van der Waals surface area contributed by atoms with Gasteiger partial charge in [0.05, 0.1) is 0 Å². The molecule has 0 unspecified atom stereocenters. The van der Waals surface area contributed by atoms with Crippen LogP contribution in [0.4, 0.5) is 5.69 Å². The van der Waals surface area contributed by atoms with Gasteiger partial charge in [-0.2, -0.15) is 5.10 Å². The summed E-state index contributed by atoms with van der Waals surface area (Å²) in [5.74, 6) is -0.404. The highest BCUT2D eigenvalue weighted by atomic mass is 32.2. The number of carbonyl (C=O) groups is 2. The molecular weight excluding hydrogens is 326 g/mol. The van der Waals surface area contributed by atoms with E-state index in [-0.39, 0.29) is 11.8 Å². The van der Waals surface area contributed by atoms with E-state index < -0.39 is 0 Å². The van der Waals surface area contributed by atoms with Crippen LogP contribution in [0, 0.1) is 0 Å². The number of carbonyl (C=O) groups excluding carboxylic acids is 2. The van der Waals surface area contributed by atoms with Crippen LogP contribution in [-0.4, -0.2) is 39.6 Å². The number of amides is 2. The lowest BCUT2D eigenvalue weighted by Gasteiger charge is -2.18. The first-order valence-electron chi connectivity index (χ1n) is 7.32. The summed E-state index contributed by atoms with van der Waals surface area (Å²) in [6.07, 6.45) is 3.97. The summed E-state index contributed by atoms with van der Waals surface area (Å²) in [5.41, 5.74) is 0.962. The van der Waals surface area contributed by atoms with Crippen molar-refractivity contribution in [3.05, 3.63) is 42.7 Å². The van der Waals surface area contributed by atoms with Gasteiger partial charge in [-0.15, -0.1) is 0 Å². The van der Waals surface area contributed by atoms with Crippen LogP contribution in [0.1, 0.15) is 12.8 Å². The van der Waals surface area contributed by atoms with E-state index in [1.807, 2.05) is 18.2 Å². The van der Waals surface area contributed by atoms with Gasteiger partial charge < -0.3 is 5.32 Å². The average Bonchev–Trinajstić information content (AvgIpc) is 2.58. The number of hydrogen-bond acceptors (Lipinski definition) is 6. The van der Waals surface area contributed by atoms with Gasteiger partial charge in [0.2, 0.25) is 5.91 Å². The molecule has 0 atom stereocenters.